The fraction of sp³-hybridized carbons (Fsp3) is 0.429. The van der Waals surface area contributed by atoms with Gasteiger partial charge in [0.1, 0.15) is 0 Å². The number of sulfone groups is 1. The molecule has 0 aliphatic carbocycles. The smallest absolute Gasteiger partial charge is 0.250 e. The number of aliphatic hydroxyl groups excluding tert-OH is 1. The van der Waals surface area contributed by atoms with Gasteiger partial charge < -0.3 is 16.2 Å². The van der Waals surface area contributed by atoms with E-state index in [1.165, 1.54) is 12.1 Å². The van der Waals surface area contributed by atoms with Crippen LogP contribution in [0.25, 0.3) is 0 Å². The van der Waals surface area contributed by atoms with E-state index in [0.717, 1.165) is 11.3 Å². The lowest BCUT2D eigenvalue weighted by Crippen LogP contribution is -2.22. The van der Waals surface area contributed by atoms with Crippen LogP contribution in [-0.2, 0) is 16.4 Å². The molecule has 156 valence electrons. The first kappa shape index (κ1) is 21.4. The van der Waals surface area contributed by atoms with Crippen LogP contribution in [0.3, 0.4) is 0 Å². The highest BCUT2D eigenvalue weighted by atomic mass is 32.2. The standard InChI is InChI=1S/C21H27N3O4S/c1-4-29(27,28)15-7-5-13(6-8-15)17(11-25)20-16(21(22)26)9-14-10-23-18(12(2)3)19(14)24-20/h5-9,12,17-18,23,25H,4,10-11H2,1-3H3,(H2,22,26)/t17-,18?/m0/s1. The van der Waals surface area contributed by atoms with E-state index < -0.39 is 21.7 Å². The molecule has 2 heterocycles. The molecular formula is C21H27N3O4S. The van der Waals surface area contributed by atoms with Gasteiger partial charge in [-0.3, -0.25) is 9.78 Å². The third kappa shape index (κ3) is 4.05. The first-order valence-electron chi connectivity index (χ1n) is 9.70. The van der Waals surface area contributed by atoms with Crippen molar-refractivity contribution in [3.8, 4) is 0 Å². The Morgan fingerprint density at radius 3 is 2.48 bits per heavy atom. The normalized spacial score (nSPS) is 17.3. The molecule has 3 rings (SSSR count). The molecule has 2 aromatic rings. The average Bonchev–Trinajstić information content (AvgIpc) is 3.11. The number of aliphatic hydroxyl groups is 1. The van der Waals surface area contributed by atoms with Gasteiger partial charge in [-0.15, -0.1) is 0 Å². The molecule has 0 fully saturated rings. The number of rotatable bonds is 7. The van der Waals surface area contributed by atoms with Crippen LogP contribution in [0.5, 0.6) is 0 Å². The number of amides is 1. The van der Waals surface area contributed by atoms with E-state index in [0.29, 0.717) is 23.7 Å². The molecule has 29 heavy (non-hydrogen) atoms. The molecule has 7 nitrogen and oxygen atoms in total. The summed E-state index contributed by atoms with van der Waals surface area (Å²) in [5.74, 6) is -0.874. The van der Waals surface area contributed by atoms with Crippen molar-refractivity contribution in [1.29, 1.82) is 0 Å². The van der Waals surface area contributed by atoms with E-state index in [4.69, 9.17) is 10.7 Å². The first-order chi connectivity index (χ1) is 13.7. The number of aromatic nitrogens is 1. The lowest BCUT2D eigenvalue weighted by atomic mass is 9.90. The van der Waals surface area contributed by atoms with E-state index in [2.05, 4.69) is 19.2 Å². The Hall–Kier alpha value is -2.29. The van der Waals surface area contributed by atoms with Gasteiger partial charge in [0, 0.05) is 6.54 Å². The van der Waals surface area contributed by atoms with Gasteiger partial charge in [0.25, 0.3) is 5.91 Å². The predicted molar refractivity (Wildman–Crippen MR) is 110 cm³/mol. The highest BCUT2D eigenvalue weighted by molar-refractivity contribution is 7.91. The van der Waals surface area contributed by atoms with Crippen molar-refractivity contribution in [1.82, 2.24) is 10.3 Å². The zero-order chi connectivity index (χ0) is 21.3. The number of nitrogens with zero attached hydrogens (tertiary/aromatic N) is 1. The second kappa shape index (κ2) is 8.22. The Balaban J connectivity index is 2.09. The molecule has 0 saturated carbocycles. The number of carbonyl (C=O) groups excluding carboxylic acids is 1. The van der Waals surface area contributed by atoms with E-state index in [-0.39, 0.29) is 28.9 Å². The minimum atomic E-state index is -3.32. The quantitative estimate of drug-likeness (QED) is 0.632. The maximum absolute atomic E-state index is 12.1. The summed E-state index contributed by atoms with van der Waals surface area (Å²) in [5.41, 5.74) is 8.77. The third-order valence-corrected chi connectivity index (χ3v) is 7.19. The van der Waals surface area contributed by atoms with Gasteiger partial charge in [-0.25, -0.2) is 8.42 Å². The van der Waals surface area contributed by atoms with Crippen LogP contribution in [-0.4, -0.2) is 36.8 Å². The number of nitrogens with one attached hydrogen (secondary N) is 1. The van der Waals surface area contributed by atoms with Crippen molar-refractivity contribution < 1.29 is 18.3 Å². The Morgan fingerprint density at radius 1 is 1.31 bits per heavy atom. The predicted octanol–water partition coefficient (Wildman–Crippen LogP) is 1.90. The number of hydrogen-bond donors (Lipinski definition) is 3. The maximum Gasteiger partial charge on any atom is 0.250 e. The van der Waals surface area contributed by atoms with Crippen molar-refractivity contribution in [3.63, 3.8) is 0 Å². The molecule has 1 aliphatic rings. The van der Waals surface area contributed by atoms with Crippen molar-refractivity contribution in [3.05, 3.63) is 58.4 Å². The molecule has 1 aromatic heterocycles. The van der Waals surface area contributed by atoms with Gasteiger partial charge in [-0.05, 0) is 35.2 Å². The number of hydrogen-bond acceptors (Lipinski definition) is 6. The fourth-order valence-corrected chi connectivity index (χ4v) is 4.63. The van der Waals surface area contributed by atoms with Crippen LogP contribution in [0.1, 0.15) is 65.6 Å². The summed E-state index contributed by atoms with van der Waals surface area (Å²) in [6, 6.07) is 8.16. The summed E-state index contributed by atoms with van der Waals surface area (Å²) in [6.45, 7) is 6.09. The zero-order valence-corrected chi connectivity index (χ0v) is 17.7. The molecule has 2 atom stereocenters. The highest BCUT2D eigenvalue weighted by Gasteiger charge is 2.31. The van der Waals surface area contributed by atoms with E-state index >= 15 is 0 Å². The molecular weight excluding hydrogens is 390 g/mol. The molecule has 0 bridgehead atoms. The van der Waals surface area contributed by atoms with Crippen LogP contribution in [0.15, 0.2) is 35.2 Å². The number of carbonyl (C=O) groups is 1. The minimum Gasteiger partial charge on any atom is -0.395 e. The Labute approximate surface area is 171 Å². The monoisotopic (exact) mass is 417 g/mol. The third-order valence-electron chi connectivity index (χ3n) is 5.44. The van der Waals surface area contributed by atoms with E-state index in [1.54, 1.807) is 25.1 Å². The molecule has 0 saturated heterocycles. The van der Waals surface area contributed by atoms with Crippen molar-refractivity contribution >= 4 is 15.7 Å². The Kier molecular flexibility index (Phi) is 6.07. The summed E-state index contributed by atoms with van der Waals surface area (Å²) in [7, 11) is -3.32. The van der Waals surface area contributed by atoms with Crippen LogP contribution in [0.2, 0.25) is 0 Å². The van der Waals surface area contributed by atoms with Crippen LogP contribution >= 0.6 is 0 Å². The maximum atomic E-state index is 12.1. The van der Waals surface area contributed by atoms with Crippen molar-refractivity contribution in [2.75, 3.05) is 12.4 Å². The number of pyridine rings is 1. The van der Waals surface area contributed by atoms with Gasteiger partial charge >= 0.3 is 0 Å². The van der Waals surface area contributed by atoms with Gasteiger partial charge in [0.2, 0.25) is 0 Å². The van der Waals surface area contributed by atoms with Gasteiger partial charge in [-0.2, -0.15) is 0 Å². The van der Waals surface area contributed by atoms with Gasteiger partial charge in [0.15, 0.2) is 9.84 Å². The summed E-state index contributed by atoms with van der Waals surface area (Å²) in [5, 5.41) is 13.5. The fourth-order valence-electron chi connectivity index (χ4n) is 3.75. The number of fused-ring (bicyclic) bond motifs is 1. The molecule has 8 heteroatoms. The molecule has 1 unspecified atom stereocenters. The summed E-state index contributed by atoms with van der Waals surface area (Å²) in [6.07, 6.45) is 0. The van der Waals surface area contributed by atoms with Crippen molar-refractivity contribution in [2.45, 2.75) is 44.2 Å². The van der Waals surface area contributed by atoms with Crippen LogP contribution < -0.4 is 11.1 Å². The van der Waals surface area contributed by atoms with E-state index in [1.807, 2.05) is 0 Å². The molecule has 4 N–H and O–H groups in total. The summed E-state index contributed by atoms with van der Waals surface area (Å²) >= 11 is 0. The Bertz CT molecular complexity index is 1020. The molecule has 0 spiro atoms. The van der Waals surface area contributed by atoms with E-state index in [9.17, 15) is 18.3 Å². The second-order valence-electron chi connectivity index (χ2n) is 7.64. The molecule has 0 radical (unpaired) electrons. The number of primary amides is 1. The van der Waals surface area contributed by atoms with Crippen molar-refractivity contribution in [2.24, 2.45) is 11.7 Å². The average molecular weight is 418 g/mol. The molecule has 1 amide bonds. The number of nitrogens with two attached hydrogens (primary N) is 1. The number of benzene rings is 1. The SMILES string of the molecule is CCS(=O)(=O)c1ccc([C@H](CO)c2nc3c(cc2C(N)=O)CNC3C(C)C)cc1. The molecule has 1 aromatic carbocycles. The topological polar surface area (TPSA) is 122 Å². The van der Waals surface area contributed by atoms with Gasteiger partial charge in [0.05, 0.1) is 46.2 Å². The zero-order valence-electron chi connectivity index (χ0n) is 16.8. The van der Waals surface area contributed by atoms with Gasteiger partial charge in [-0.1, -0.05) is 32.9 Å². The molecule has 1 aliphatic heterocycles. The minimum absolute atomic E-state index is 0.0115. The lowest BCUT2D eigenvalue weighted by Gasteiger charge is -2.21. The lowest BCUT2D eigenvalue weighted by molar-refractivity contribution is 0.0998. The van der Waals surface area contributed by atoms with Crippen LogP contribution in [0.4, 0.5) is 0 Å². The highest BCUT2D eigenvalue weighted by Crippen LogP contribution is 2.34. The summed E-state index contributed by atoms with van der Waals surface area (Å²) in [4.78, 5) is 17.1. The largest absolute Gasteiger partial charge is 0.395 e. The summed E-state index contributed by atoms with van der Waals surface area (Å²) < 4.78 is 24.1. The second-order valence-corrected chi connectivity index (χ2v) is 9.92. The first-order valence-corrected chi connectivity index (χ1v) is 11.3. The van der Waals surface area contributed by atoms with Crippen LogP contribution in [0, 0.1) is 5.92 Å². The Morgan fingerprint density at radius 2 is 1.97 bits per heavy atom.